The number of hydrogen-bond acceptors (Lipinski definition) is 6. The molecular weight excluding hydrogens is 306 g/mol. The maximum Gasteiger partial charge on any atom is 0.335 e. The molecule has 2 aliphatic heterocycles. The summed E-state index contributed by atoms with van der Waals surface area (Å²) in [4.78, 5) is 13.9. The van der Waals surface area contributed by atoms with Gasteiger partial charge in [0.15, 0.2) is 12.4 Å². The number of benzene rings is 1. The zero-order valence-corrected chi connectivity index (χ0v) is 11.9. The fraction of sp³-hybridized carbons (Fsp3) is 0.500. The van der Waals surface area contributed by atoms with Crippen LogP contribution in [0.25, 0.3) is 10.4 Å². The molecule has 9 nitrogen and oxygen atoms in total. The predicted molar refractivity (Wildman–Crippen MR) is 75.2 cm³/mol. The zero-order valence-electron chi connectivity index (χ0n) is 11.9. The molecule has 0 spiro atoms. The molecule has 2 heterocycles. The molecule has 9 heteroatoms. The second kappa shape index (κ2) is 6.53. The van der Waals surface area contributed by atoms with Crippen LogP contribution in [-0.4, -0.2) is 53.2 Å². The Kier molecular flexibility index (Phi) is 4.46. The van der Waals surface area contributed by atoms with E-state index in [4.69, 9.17) is 24.8 Å². The Bertz CT molecular complexity index is 620. The maximum atomic E-state index is 11.2. The molecule has 0 aliphatic carbocycles. The van der Waals surface area contributed by atoms with E-state index in [0.717, 1.165) is 5.56 Å². The number of aliphatic hydroxyl groups excluding tert-OH is 1. The van der Waals surface area contributed by atoms with Crippen molar-refractivity contribution in [2.24, 2.45) is 5.11 Å². The summed E-state index contributed by atoms with van der Waals surface area (Å²) in [6.45, 7) is 0.0676. The second-order valence-corrected chi connectivity index (χ2v) is 5.30. The predicted octanol–water partition coefficient (Wildman–Crippen LogP) is 0.992. The Hall–Kier alpha value is -2.16. The van der Waals surface area contributed by atoms with E-state index in [2.05, 4.69) is 10.0 Å². The van der Waals surface area contributed by atoms with Gasteiger partial charge in [0, 0.05) is 10.5 Å². The standard InChI is InChI=1S/C14H15N3O6/c15-17-16-9-10(18)12(13(19)20)22-8-6-21-14(23-11(8)9)7-4-2-1-3-5-7/h1-5,8-12,14,18H,6H2,(H,19,20)/t8-,9?,10-,11+,12-,14+/m1/s1. The van der Waals surface area contributed by atoms with Crippen LogP contribution in [0.2, 0.25) is 0 Å². The molecule has 0 bridgehead atoms. The van der Waals surface area contributed by atoms with Gasteiger partial charge >= 0.3 is 5.97 Å². The molecule has 1 aromatic carbocycles. The van der Waals surface area contributed by atoms with Gasteiger partial charge in [-0.3, -0.25) is 0 Å². The number of aliphatic hydroxyl groups is 1. The summed E-state index contributed by atoms with van der Waals surface area (Å²) in [5, 5.41) is 22.8. The van der Waals surface area contributed by atoms with Crippen LogP contribution < -0.4 is 0 Å². The zero-order chi connectivity index (χ0) is 16.4. The second-order valence-electron chi connectivity index (χ2n) is 5.30. The van der Waals surface area contributed by atoms with Crippen LogP contribution in [0.1, 0.15) is 11.9 Å². The van der Waals surface area contributed by atoms with E-state index in [9.17, 15) is 9.90 Å². The fourth-order valence-corrected chi connectivity index (χ4v) is 2.79. The van der Waals surface area contributed by atoms with Gasteiger partial charge in [-0.25, -0.2) is 4.79 Å². The van der Waals surface area contributed by atoms with Gasteiger partial charge in [0.2, 0.25) is 0 Å². The van der Waals surface area contributed by atoms with Crippen molar-refractivity contribution in [3.8, 4) is 0 Å². The van der Waals surface area contributed by atoms with Gasteiger partial charge in [-0.1, -0.05) is 35.4 Å². The van der Waals surface area contributed by atoms with E-state index < -0.39 is 42.7 Å². The topological polar surface area (TPSA) is 134 Å². The van der Waals surface area contributed by atoms with Gasteiger partial charge in [0.05, 0.1) is 12.6 Å². The Morgan fingerprint density at radius 1 is 1.30 bits per heavy atom. The van der Waals surface area contributed by atoms with E-state index in [-0.39, 0.29) is 6.61 Å². The van der Waals surface area contributed by atoms with Crippen molar-refractivity contribution in [2.45, 2.75) is 36.7 Å². The average molecular weight is 321 g/mol. The van der Waals surface area contributed by atoms with Crippen molar-refractivity contribution < 1.29 is 29.2 Å². The normalized spacial score (nSPS) is 36.6. The summed E-state index contributed by atoms with van der Waals surface area (Å²) in [6, 6.07) is 8.05. The van der Waals surface area contributed by atoms with E-state index >= 15 is 0 Å². The minimum Gasteiger partial charge on any atom is -0.479 e. The Morgan fingerprint density at radius 3 is 2.70 bits per heavy atom. The summed E-state index contributed by atoms with van der Waals surface area (Å²) in [7, 11) is 0. The Labute approximate surface area is 131 Å². The number of azide groups is 1. The first-order chi connectivity index (χ1) is 11.1. The summed E-state index contributed by atoms with van der Waals surface area (Å²) in [5.41, 5.74) is 9.47. The minimum absolute atomic E-state index is 0.0676. The molecule has 0 amide bonds. The number of aliphatic carboxylic acids is 1. The smallest absolute Gasteiger partial charge is 0.335 e. The number of hydrogen-bond donors (Lipinski definition) is 2. The van der Waals surface area contributed by atoms with Crippen LogP contribution in [0, 0.1) is 0 Å². The number of carboxylic acid groups (broad SMARTS) is 1. The summed E-state index contributed by atoms with van der Waals surface area (Å²) < 4.78 is 16.7. The lowest BCUT2D eigenvalue weighted by atomic mass is 9.92. The largest absolute Gasteiger partial charge is 0.479 e. The molecule has 2 saturated heterocycles. The van der Waals surface area contributed by atoms with Crippen molar-refractivity contribution in [1.29, 1.82) is 0 Å². The van der Waals surface area contributed by atoms with Crippen molar-refractivity contribution in [1.82, 2.24) is 0 Å². The summed E-state index contributed by atoms with van der Waals surface area (Å²) in [6.07, 6.45) is -5.23. The third-order valence-corrected chi connectivity index (χ3v) is 3.88. The molecule has 3 rings (SSSR count). The van der Waals surface area contributed by atoms with Gasteiger partial charge in [-0.15, -0.1) is 0 Å². The van der Waals surface area contributed by atoms with Gasteiger partial charge in [-0.2, -0.15) is 0 Å². The molecule has 6 atom stereocenters. The van der Waals surface area contributed by atoms with Crippen molar-refractivity contribution in [3.05, 3.63) is 46.3 Å². The molecule has 1 aromatic rings. The third-order valence-electron chi connectivity index (χ3n) is 3.88. The molecule has 0 radical (unpaired) electrons. The molecule has 0 saturated carbocycles. The first-order valence-electron chi connectivity index (χ1n) is 7.04. The number of carboxylic acids is 1. The number of fused-ring (bicyclic) bond motifs is 1. The third kappa shape index (κ3) is 3.00. The highest BCUT2D eigenvalue weighted by Crippen LogP contribution is 2.35. The lowest BCUT2D eigenvalue weighted by molar-refractivity contribution is -0.304. The van der Waals surface area contributed by atoms with Gasteiger partial charge in [-0.05, 0) is 5.53 Å². The van der Waals surface area contributed by atoms with Gasteiger partial charge < -0.3 is 24.4 Å². The van der Waals surface area contributed by atoms with Gasteiger partial charge in [0.25, 0.3) is 0 Å². The molecule has 2 fully saturated rings. The minimum atomic E-state index is -1.50. The fourth-order valence-electron chi connectivity index (χ4n) is 2.79. The van der Waals surface area contributed by atoms with Crippen LogP contribution in [0.3, 0.4) is 0 Å². The maximum absolute atomic E-state index is 11.2. The van der Waals surface area contributed by atoms with E-state index in [0.29, 0.717) is 0 Å². The summed E-state index contributed by atoms with van der Waals surface area (Å²) in [5.74, 6) is -1.33. The van der Waals surface area contributed by atoms with E-state index in [1.165, 1.54) is 0 Å². The molecule has 23 heavy (non-hydrogen) atoms. The number of ether oxygens (including phenoxy) is 3. The monoisotopic (exact) mass is 321 g/mol. The lowest BCUT2D eigenvalue weighted by Crippen LogP contribution is -2.62. The highest BCUT2D eigenvalue weighted by molar-refractivity contribution is 5.73. The van der Waals surface area contributed by atoms with Gasteiger partial charge in [0.1, 0.15) is 18.3 Å². The van der Waals surface area contributed by atoms with Crippen molar-refractivity contribution >= 4 is 5.97 Å². The van der Waals surface area contributed by atoms with Crippen LogP contribution in [0.5, 0.6) is 0 Å². The number of nitrogens with zero attached hydrogens (tertiary/aromatic N) is 3. The highest BCUT2D eigenvalue weighted by atomic mass is 16.7. The van der Waals surface area contributed by atoms with E-state index in [1.807, 2.05) is 30.3 Å². The van der Waals surface area contributed by atoms with E-state index in [1.54, 1.807) is 0 Å². The molecule has 2 aliphatic rings. The van der Waals surface area contributed by atoms with Crippen molar-refractivity contribution in [3.63, 3.8) is 0 Å². The molecular formula is C14H15N3O6. The number of rotatable bonds is 3. The SMILES string of the molecule is [N-]=[N+]=NC1[C@@H](O)[C@H](C(=O)O)O[C@@H]2CO[C@H](c3ccccc3)O[C@H]12. The first kappa shape index (κ1) is 15.7. The molecule has 1 unspecified atom stereocenters. The summed E-state index contributed by atoms with van der Waals surface area (Å²) >= 11 is 0. The molecule has 122 valence electrons. The van der Waals surface area contributed by atoms with Crippen LogP contribution in [0.4, 0.5) is 0 Å². The molecule has 2 N–H and O–H groups in total. The van der Waals surface area contributed by atoms with Crippen LogP contribution in [-0.2, 0) is 19.0 Å². The number of carbonyl (C=O) groups is 1. The van der Waals surface area contributed by atoms with Crippen molar-refractivity contribution in [2.75, 3.05) is 6.61 Å². The van der Waals surface area contributed by atoms with Crippen LogP contribution >= 0.6 is 0 Å². The Morgan fingerprint density at radius 2 is 2.04 bits per heavy atom. The lowest BCUT2D eigenvalue weighted by Gasteiger charge is -2.45. The highest BCUT2D eigenvalue weighted by Gasteiger charge is 2.51. The Balaban J connectivity index is 1.84. The van der Waals surface area contributed by atoms with Crippen LogP contribution in [0.15, 0.2) is 35.4 Å². The molecule has 0 aromatic heterocycles. The first-order valence-corrected chi connectivity index (χ1v) is 7.04. The average Bonchev–Trinajstić information content (AvgIpc) is 2.57. The quantitative estimate of drug-likeness (QED) is 0.484.